The van der Waals surface area contributed by atoms with Crippen LogP contribution in [0.5, 0.6) is 5.88 Å². The first-order valence-corrected chi connectivity index (χ1v) is 6.49. The van der Waals surface area contributed by atoms with Gasteiger partial charge in [-0.15, -0.1) is 0 Å². The van der Waals surface area contributed by atoms with Crippen molar-refractivity contribution in [3.8, 4) is 5.88 Å². The smallest absolute Gasteiger partial charge is 0.235 e. The molecule has 2 unspecified atom stereocenters. The molecule has 2 atom stereocenters. The largest absolute Gasteiger partial charge is 0.476 e. The minimum atomic E-state index is 0.674. The lowest BCUT2D eigenvalue weighted by molar-refractivity contribution is 0.173. The van der Waals surface area contributed by atoms with Gasteiger partial charge < -0.3 is 10.5 Å². The van der Waals surface area contributed by atoms with Crippen LogP contribution in [0, 0.1) is 18.8 Å². The molecule has 4 heteroatoms. The molecular weight excluding hydrogens is 214 g/mol. The maximum atomic E-state index is 5.94. The average molecular weight is 237 g/mol. The number of nitrogen functional groups attached to an aromatic ring is 1. The number of ether oxygens (including phenoxy) is 1. The van der Waals surface area contributed by atoms with E-state index in [0.29, 0.717) is 11.6 Å². The summed E-state index contributed by atoms with van der Waals surface area (Å²) >= 11 is 0. The predicted molar refractivity (Wildman–Crippen MR) is 69.0 cm³/mol. The highest BCUT2D eigenvalue weighted by Gasteiger charge is 2.20. The average Bonchev–Trinajstić information content (AvgIpc) is 2.51. The summed E-state index contributed by atoms with van der Waals surface area (Å²) < 4.78 is 7.58. The lowest BCUT2D eigenvalue weighted by atomic mass is 9.83. The van der Waals surface area contributed by atoms with Crippen molar-refractivity contribution < 1.29 is 4.74 Å². The molecule has 17 heavy (non-hydrogen) atoms. The van der Waals surface area contributed by atoms with E-state index < -0.39 is 0 Å². The van der Waals surface area contributed by atoms with Crippen molar-refractivity contribution >= 4 is 5.69 Å². The number of hydrogen-bond donors (Lipinski definition) is 1. The molecule has 0 amide bonds. The molecule has 0 aromatic carbocycles. The Bertz CT molecular complexity index is 386. The van der Waals surface area contributed by atoms with Gasteiger partial charge in [0, 0.05) is 7.05 Å². The second kappa shape index (κ2) is 4.98. The first-order chi connectivity index (χ1) is 8.08. The Hall–Kier alpha value is -1.19. The van der Waals surface area contributed by atoms with Gasteiger partial charge in [-0.05, 0) is 31.6 Å². The third kappa shape index (κ3) is 2.73. The number of anilines is 1. The highest BCUT2D eigenvalue weighted by atomic mass is 16.5. The van der Waals surface area contributed by atoms with Gasteiger partial charge in [-0.2, -0.15) is 5.10 Å². The molecule has 4 nitrogen and oxygen atoms in total. The van der Waals surface area contributed by atoms with E-state index in [-0.39, 0.29) is 0 Å². The van der Waals surface area contributed by atoms with Gasteiger partial charge in [0.05, 0.1) is 12.3 Å². The molecule has 1 saturated carbocycles. The Labute approximate surface area is 103 Å². The maximum Gasteiger partial charge on any atom is 0.235 e. The van der Waals surface area contributed by atoms with Crippen molar-refractivity contribution in [3.05, 3.63) is 5.69 Å². The fraction of sp³-hybridized carbons (Fsp3) is 0.769. The van der Waals surface area contributed by atoms with Crippen LogP contribution in [0.3, 0.4) is 0 Å². The van der Waals surface area contributed by atoms with Crippen molar-refractivity contribution in [3.63, 3.8) is 0 Å². The van der Waals surface area contributed by atoms with E-state index >= 15 is 0 Å². The van der Waals surface area contributed by atoms with Gasteiger partial charge in [0.25, 0.3) is 0 Å². The number of aryl methyl sites for hydroxylation is 2. The summed E-state index contributed by atoms with van der Waals surface area (Å²) in [5.41, 5.74) is 7.46. The molecule has 0 bridgehead atoms. The van der Waals surface area contributed by atoms with E-state index in [0.717, 1.165) is 24.1 Å². The molecule has 2 N–H and O–H groups in total. The van der Waals surface area contributed by atoms with Crippen LogP contribution >= 0.6 is 0 Å². The predicted octanol–water partition coefficient (Wildman–Crippen LogP) is 2.52. The van der Waals surface area contributed by atoms with Crippen molar-refractivity contribution in [1.29, 1.82) is 0 Å². The molecule has 0 saturated heterocycles. The normalized spacial score (nSPS) is 24.9. The van der Waals surface area contributed by atoms with Gasteiger partial charge in [-0.25, -0.2) is 4.68 Å². The Kier molecular flexibility index (Phi) is 3.60. The van der Waals surface area contributed by atoms with Crippen LogP contribution in [0.25, 0.3) is 0 Å². The van der Waals surface area contributed by atoms with Gasteiger partial charge in [0.15, 0.2) is 0 Å². The van der Waals surface area contributed by atoms with Crippen molar-refractivity contribution in [2.45, 2.75) is 39.5 Å². The molecule has 1 aromatic rings. The number of aromatic nitrogens is 2. The number of rotatable bonds is 3. The summed E-state index contributed by atoms with van der Waals surface area (Å²) in [6.07, 6.45) is 5.25. The summed E-state index contributed by atoms with van der Waals surface area (Å²) in [7, 11) is 1.88. The van der Waals surface area contributed by atoms with Crippen LogP contribution in [-0.2, 0) is 7.05 Å². The van der Waals surface area contributed by atoms with E-state index in [4.69, 9.17) is 10.5 Å². The molecule has 1 heterocycles. The highest BCUT2D eigenvalue weighted by Crippen LogP contribution is 2.30. The zero-order valence-corrected chi connectivity index (χ0v) is 11.1. The van der Waals surface area contributed by atoms with Crippen LogP contribution < -0.4 is 10.5 Å². The maximum absolute atomic E-state index is 5.94. The Balaban J connectivity index is 1.93. The Morgan fingerprint density at radius 2 is 2.24 bits per heavy atom. The molecule has 1 aromatic heterocycles. The van der Waals surface area contributed by atoms with Gasteiger partial charge in [-0.3, -0.25) is 0 Å². The van der Waals surface area contributed by atoms with E-state index in [2.05, 4.69) is 12.0 Å². The molecule has 1 aliphatic carbocycles. The fourth-order valence-corrected chi connectivity index (χ4v) is 2.73. The second-order valence-corrected chi connectivity index (χ2v) is 5.38. The lowest BCUT2D eigenvalue weighted by Gasteiger charge is -2.26. The molecule has 0 spiro atoms. The SMILES string of the molecule is Cc1nn(C)c(OCC2CCCC(C)C2)c1N. The fourth-order valence-electron chi connectivity index (χ4n) is 2.73. The van der Waals surface area contributed by atoms with Crippen molar-refractivity contribution in [2.24, 2.45) is 18.9 Å². The summed E-state index contributed by atoms with van der Waals surface area (Å²) in [5.74, 6) is 2.23. The van der Waals surface area contributed by atoms with Crippen LogP contribution in [0.15, 0.2) is 0 Å². The van der Waals surface area contributed by atoms with Crippen LogP contribution in [0.1, 0.15) is 38.3 Å². The lowest BCUT2D eigenvalue weighted by Crippen LogP contribution is -2.20. The van der Waals surface area contributed by atoms with Crippen LogP contribution in [-0.4, -0.2) is 16.4 Å². The zero-order valence-electron chi connectivity index (χ0n) is 11.1. The topological polar surface area (TPSA) is 53.1 Å². The molecule has 2 rings (SSSR count). The van der Waals surface area contributed by atoms with E-state index in [1.807, 2.05) is 14.0 Å². The third-order valence-corrected chi connectivity index (χ3v) is 3.71. The van der Waals surface area contributed by atoms with Gasteiger partial charge in [0.1, 0.15) is 5.69 Å². The molecule has 96 valence electrons. The molecule has 0 aliphatic heterocycles. The number of nitrogens with zero attached hydrogens (tertiary/aromatic N) is 2. The molecule has 0 radical (unpaired) electrons. The quantitative estimate of drug-likeness (QED) is 0.878. The Morgan fingerprint density at radius 1 is 1.47 bits per heavy atom. The van der Waals surface area contributed by atoms with Crippen molar-refractivity contribution in [1.82, 2.24) is 9.78 Å². The molecule has 1 fully saturated rings. The molecule has 1 aliphatic rings. The highest BCUT2D eigenvalue weighted by molar-refractivity contribution is 5.52. The summed E-state index contributed by atoms with van der Waals surface area (Å²) in [6, 6.07) is 0. The minimum absolute atomic E-state index is 0.674. The second-order valence-electron chi connectivity index (χ2n) is 5.38. The van der Waals surface area contributed by atoms with Gasteiger partial charge in [-0.1, -0.05) is 19.8 Å². The zero-order chi connectivity index (χ0) is 12.4. The van der Waals surface area contributed by atoms with Crippen LogP contribution in [0.2, 0.25) is 0 Å². The minimum Gasteiger partial charge on any atom is -0.476 e. The van der Waals surface area contributed by atoms with Gasteiger partial charge >= 0.3 is 0 Å². The first kappa shape index (κ1) is 12.3. The van der Waals surface area contributed by atoms with Crippen molar-refractivity contribution in [2.75, 3.05) is 12.3 Å². The summed E-state index contributed by atoms with van der Waals surface area (Å²) in [6.45, 7) is 5.01. The first-order valence-electron chi connectivity index (χ1n) is 6.49. The number of hydrogen-bond acceptors (Lipinski definition) is 3. The van der Waals surface area contributed by atoms with E-state index in [1.165, 1.54) is 25.7 Å². The van der Waals surface area contributed by atoms with E-state index in [1.54, 1.807) is 4.68 Å². The van der Waals surface area contributed by atoms with Crippen LogP contribution in [0.4, 0.5) is 5.69 Å². The molecular formula is C13H23N3O. The number of nitrogens with two attached hydrogens (primary N) is 1. The Morgan fingerprint density at radius 3 is 2.82 bits per heavy atom. The standard InChI is InChI=1S/C13H23N3O/c1-9-5-4-6-11(7-9)8-17-13-12(14)10(2)15-16(13)3/h9,11H,4-8,14H2,1-3H3. The van der Waals surface area contributed by atoms with Gasteiger partial charge in [0.2, 0.25) is 5.88 Å². The summed E-state index contributed by atoms with van der Waals surface area (Å²) in [4.78, 5) is 0. The monoisotopic (exact) mass is 237 g/mol. The third-order valence-electron chi connectivity index (χ3n) is 3.71. The van der Waals surface area contributed by atoms with E-state index in [9.17, 15) is 0 Å². The summed E-state index contributed by atoms with van der Waals surface area (Å²) in [5, 5.41) is 4.26.